The standard InChI is InChI=1S/C22H31N5O/c1-2-8-26(9-3-1)18-20-6-4-19(5-7-20)14-23-15-21-16-24-22(25-17-21)27-10-12-28-13-11-27/h4-7,16-17,23H,1-3,8-15,18H2. The van der Waals surface area contributed by atoms with E-state index < -0.39 is 0 Å². The first kappa shape index (κ1) is 19.3. The molecule has 0 bridgehead atoms. The third-order valence-corrected chi connectivity index (χ3v) is 5.52. The zero-order valence-electron chi connectivity index (χ0n) is 16.6. The van der Waals surface area contributed by atoms with Gasteiger partial charge in [0.2, 0.25) is 5.95 Å². The van der Waals surface area contributed by atoms with E-state index in [1.807, 2.05) is 12.4 Å². The van der Waals surface area contributed by atoms with Crippen molar-refractivity contribution in [1.29, 1.82) is 0 Å². The minimum atomic E-state index is 0.753. The van der Waals surface area contributed by atoms with E-state index in [4.69, 9.17) is 4.74 Å². The molecule has 150 valence electrons. The second-order valence-corrected chi connectivity index (χ2v) is 7.75. The predicted octanol–water partition coefficient (Wildman–Crippen LogP) is 2.59. The summed E-state index contributed by atoms with van der Waals surface area (Å²) in [5, 5.41) is 3.49. The summed E-state index contributed by atoms with van der Waals surface area (Å²) in [5.41, 5.74) is 3.84. The number of nitrogens with one attached hydrogen (secondary N) is 1. The molecule has 6 heteroatoms. The molecular formula is C22H31N5O. The summed E-state index contributed by atoms with van der Waals surface area (Å²) in [6, 6.07) is 9.02. The maximum atomic E-state index is 5.38. The van der Waals surface area contributed by atoms with Crippen molar-refractivity contribution in [3.8, 4) is 0 Å². The van der Waals surface area contributed by atoms with Gasteiger partial charge in [0.1, 0.15) is 0 Å². The SMILES string of the molecule is c1cc(CN2CCCCC2)ccc1CNCc1cnc(N2CCOCC2)nc1. The molecule has 6 nitrogen and oxygen atoms in total. The average Bonchev–Trinajstić information content (AvgIpc) is 2.77. The summed E-state index contributed by atoms with van der Waals surface area (Å²) >= 11 is 0. The smallest absolute Gasteiger partial charge is 0.225 e. The van der Waals surface area contributed by atoms with E-state index in [-0.39, 0.29) is 0 Å². The van der Waals surface area contributed by atoms with Crippen LogP contribution in [0.2, 0.25) is 0 Å². The molecular weight excluding hydrogens is 350 g/mol. The van der Waals surface area contributed by atoms with Crippen molar-refractivity contribution < 1.29 is 4.74 Å². The van der Waals surface area contributed by atoms with E-state index in [2.05, 4.69) is 49.4 Å². The Hall–Kier alpha value is -2.02. The predicted molar refractivity (Wildman–Crippen MR) is 111 cm³/mol. The highest BCUT2D eigenvalue weighted by molar-refractivity contribution is 5.30. The molecule has 4 rings (SSSR count). The maximum Gasteiger partial charge on any atom is 0.225 e. The molecule has 2 fully saturated rings. The fourth-order valence-corrected chi connectivity index (χ4v) is 3.86. The van der Waals surface area contributed by atoms with Crippen molar-refractivity contribution >= 4 is 5.95 Å². The van der Waals surface area contributed by atoms with Gasteiger partial charge < -0.3 is 15.0 Å². The zero-order valence-corrected chi connectivity index (χ0v) is 16.6. The van der Waals surface area contributed by atoms with E-state index >= 15 is 0 Å². The number of likely N-dealkylation sites (tertiary alicyclic amines) is 1. The van der Waals surface area contributed by atoms with Crippen LogP contribution in [-0.4, -0.2) is 54.3 Å². The lowest BCUT2D eigenvalue weighted by Crippen LogP contribution is -2.37. The van der Waals surface area contributed by atoms with Crippen LogP contribution >= 0.6 is 0 Å². The quantitative estimate of drug-likeness (QED) is 0.796. The number of morpholine rings is 1. The van der Waals surface area contributed by atoms with E-state index in [9.17, 15) is 0 Å². The largest absolute Gasteiger partial charge is 0.378 e. The Balaban J connectivity index is 1.21. The molecule has 1 aromatic carbocycles. The zero-order chi connectivity index (χ0) is 19.0. The van der Waals surface area contributed by atoms with Crippen LogP contribution in [0.25, 0.3) is 0 Å². The highest BCUT2D eigenvalue weighted by Crippen LogP contribution is 2.14. The third kappa shape index (κ3) is 5.50. The molecule has 3 heterocycles. The van der Waals surface area contributed by atoms with Gasteiger partial charge in [0.05, 0.1) is 13.2 Å². The van der Waals surface area contributed by atoms with Crippen LogP contribution in [-0.2, 0) is 24.4 Å². The van der Waals surface area contributed by atoms with Crippen molar-refractivity contribution in [2.24, 2.45) is 0 Å². The lowest BCUT2D eigenvalue weighted by Gasteiger charge is -2.26. The van der Waals surface area contributed by atoms with E-state index in [0.29, 0.717) is 0 Å². The molecule has 0 unspecified atom stereocenters. The average molecular weight is 382 g/mol. The van der Waals surface area contributed by atoms with Gasteiger partial charge in [-0.15, -0.1) is 0 Å². The second kappa shape index (κ2) is 9.96. The van der Waals surface area contributed by atoms with Gasteiger partial charge in [0.25, 0.3) is 0 Å². The third-order valence-electron chi connectivity index (χ3n) is 5.52. The summed E-state index contributed by atoms with van der Waals surface area (Å²) < 4.78 is 5.38. The van der Waals surface area contributed by atoms with Crippen LogP contribution in [0.4, 0.5) is 5.95 Å². The number of hydrogen-bond donors (Lipinski definition) is 1. The Bertz CT molecular complexity index is 707. The number of piperidine rings is 1. The topological polar surface area (TPSA) is 53.5 Å². The van der Waals surface area contributed by atoms with Crippen LogP contribution < -0.4 is 10.2 Å². The summed E-state index contributed by atoms with van der Waals surface area (Å²) in [4.78, 5) is 13.8. The molecule has 28 heavy (non-hydrogen) atoms. The van der Waals surface area contributed by atoms with E-state index in [0.717, 1.165) is 57.4 Å². The van der Waals surface area contributed by atoms with E-state index in [1.165, 1.54) is 43.5 Å². The highest BCUT2D eigenvalue weighted by atomic mass is 16.5. The van der Waals surface area contributed by atoms with Gasteiger partial charge in [0, 0.05) is 50.7 Å². The Kier molecular flexibility index (Phi) is 6.87. The number of ether oxygens (including phenoxy) is 1. The van der Waals surface area contributed by atoms with Crippen molar-refractivity contribution in [2.45, 2.75) is 38.9 Å². The summed E-state index contributed by atoms with van der Waals surface area (Å²) in [7, 11) is 0. The Labute approximate surface area is 167 Å². The van der Waals surface area contributed by atoms with Crippen LogP contribution in [0, 0.1) is 0 Å². The van der Waals surface area contributed by atoms with Crippen molar-refractivity contribution in [3.05, 3.63) is 53.3 Å². The number of benzene rings is 1. The number of hydrogen-bond acceptors (Lipinski definition) is 6. The number of rotatable bonds is 7. The molecule has 2 saturated heterocycles. The van der Waals surface area contributed by atoms with Gasteiger partial charge in [-0.1, -0.05) is 30.7 Å². The maximum absolute atomic E-state index is 5.38. The molecule has 2 aliphatic rings. The van der Waals surface area contributed by atoms with Crippen LogP contribution in [0.15, 0.2) is 36.7 Å². The van der Waals surface area contributed by atoms with Crippen LogP contribution in [0.5, 0.6) is 0 Å². The molecule has 1 aromatic heterocycles. The first-order valence-corrected chi connectivity index (χ1v) is 10.5. The molecule has 0 atom stereocenters. The lowest BCUT2D eigenvalue weighted by atomic mass is 10.1. The van der Waals surface area contributed by atoms with Crippen LogP contribution in [0.1, 0.15) is 36.0 Å². The fourth-order valence-electron chi connectivity index (χ4n) is 3.86. The molecule has 2 aromatic rings. The van der Waals surface area contributed by atoms with Gasteiger partial charge >= 0.3 is 0 Å². The van der Waals surface area contributed by atoms with Gasteiger partial charge in [-0.05, 0) is 37.1 Å². The summed E-state index contributed by atoms with van der Waals surface area (Å²) in [5.74, 6) is 0.802. The normalized spacial score (nSPS) is 18.4. The molecule has 0 aliphatic carbocycles. The second-order valence-electron chi connectivity index (χ2n) is 7.75. The molecule has 0 radical (unpaired) electrons. The van der Waals surface area contributed by atoms with Gasteiger partial charge in [0.15, 0.2) is 0 Å². The first-order valence-electron chi connectivity index (χ1n) is 10.5. The number of aromatic nitrogens is 2. The molecule has 0 saturated carbocycles. The van der Waals surface area contributed by atoms with Crippen molar-refractivity contribution in [2.75, 3.05) is 44.3 Å². The monoisotopic (exact) mass is 381 g/mol. The van der Waals surface area contributed by atoms with E-state index in [1.54, 1.807) is 0 Å². The molecule has 2 aliphatic heterocycles. The summed E-state index contributed by atoms with van der Waals surface area (Å²) in [6.45, 7) is 8.45. The first-order chi connectivity index (χ1) is 13.9. The lowest BCUT2D eigenvalue weighted by molar-refractivity contribution is 0.122. The Morgan fingerprint density at radius 3 is 2.14 bits per heavy atom. The highest BCUT2D eigenvalue weighted by Gasteiger charge is 2.13. The van der Waals surface area contributed by atoms with Crippen molar-refractivity contribution in [3.63, 3.8) is 0 Å². The molecule has 0 spiro atoms. The summed E-state index contributed by atoms with van der Waals surface area (Å²) in [6.07, 6.45) is 7.93. The van der Waals surface area contributed by atoms with Gasteiger partial charge in [-0.2, -0.15) is 0 Å². The van der Waals surface area contributed by atoms with Crippen LogP contribution in [0.3, 0.4) is 0 Å². The molecule has 0 amide bonds. The van der Waals surface area contributed by atoms with Gasteiger partial charge in [-0.3, -0.25) is 4.90 Å². The molecule has 1 N–H and O–H groups in total. The number of anilines is 1. The minimum absolute atomic E-state index is 0.753. The Morgan fingerprint density at radius 1 is 0.786 bits per heavy atom. The van der Waals surface area contributed by atoms with Gasteiger partial charge in [-0.25, -0.2) is 9.97 Å². The minimum Gasteiger partial charge on any atom is -0.378 e. The fraction of sp³-hybridized carbons (Fsp3) is 0.545. The van der Waals surface area contributed by atoms with Crippen molar-refractivity contribution in [1.82, 2.24) is 20.2 Å². The number of nitrogens with zero attached hydrogens (tertiary/aromatic N) is 4. The Morgan fingerprint density at radius 2 is 1.43 bits per heavy atom.